The summed E-state index contributed by atoms with van der Waals surface area (Å²) in [4.78, 5) is 0. The van der Waals surface area contributed by atoms with E-state index >= 15 is 0 Å². The van der Waals surface area contributed by atoms with Crippen LogP contribution in [0.25, 0.3) is 0 Å². The lowest BCUT2D eigenvalue weighted by Gasteiger charge is -2.33. The molecule has 0 amide bonds. The standard InChI is InChI=1S/C20H16I2O/c1-20(14-8-4-2-5-9-14,15-10-6-3-7-11-15)17-12-16(21)13-18(22)19(17)23/h2-13,23H,1H3. The van der Waals surface area contributed by atoms with Crippen molar-refractivity contribution in [2.24, 2.45) is 0 Å². The second-order valence-electron chi connectivity index (χ2n) is 5.64. The Morgan fingerprint density at radius 3 is 1.74 bits per heavy atom. The predicted molar refractivity (Wildman–Crippen MR) is 112 cm³/mol. The zero-order chi connectivity index (χ0) is 16.4. The molecule has 0 aromatic heterocycles. The van der Waals surface area contributed by atoms with E-state index in [0.29, 0.717) is 5.75 Å². The Labute approximate surface area is 164 Å². The van der Waals surface area contributed by atoms with Crippen LogP contribution in [0.5, 0.6) is 5.75 Å². The van der Waals surface area contributed by atoms with Crippen molar-refractivity contribution in [2.75, 3.05) is 0 Å². The Morgan fingerprint density at radius 2 is 1.26 bits per heavy atom. The van der Waals surface area contributed by atoms with E-state index in [0.717, 1.165) is 12.7 Å². The average Bonchev–Trinajstić information content (AvgIpc) is 2.59. The van der Waals surface area contributed by atoms with Crippen LogP contribution in [-0.4, -0.2) is 5.11 Å². The third-order valence-corrected chi connectivity index (χ3v) is 5.71. The molecule has 0 saturated carbocycles. The number of phenolic OH excluding ortho intramolecular Hbond substituents is 1. The molecule has 3 rings (SSSR count). The first kappa shape index (κ1) is 16.8. The lowest BCUT2D eigenvalue weighted by Crippen LogP contribution is -2.25. The van der Waals surface area contributed by atoms with E-state index in [1.54, 1.807) is 0 Å². The molecule has 3 aromatic rings. The van der Waals surface area contributed by atoms with E-state index in [1.165, 1.54) is 11.1 Å². The van der Waals surface area contributed by atoms with Gasteiger partial charge in [0.05, 0.1) is 3.57 Å². The molecule has 23 heavy (non-hydrogen) atoms. The summed E-state index contributed by atoms with van der Waals surface area (Å²) < 4.78 is 2.00. The highest BCUT2D eigenvalue weighted by atomic mass is 127. The molecule has 0 heterocycles. The summed E-state index contributed by atoms with van der Waals surface area (Å²) in [7, 11) is 0. The van der Waals surface area contributed by atoms with Crippen LogP contribution in [0.2, 0.25) is 0 Å². The highest BCUT2D eigenvalue weighted by Gasteiger charge is 2.34. The third kappa shape index (κ3) is 3.13. The summed E-state index contributed by atoms with van der Waals surface area (Å²) >= 11 is 4.51. The van der Waals surface area contributed by atoms with Gasteiger partial charge in [0, 0.05) is 14.5 Å². The number of rotatable bonds is 3. The molecule has 0 aliphatic rings. The molecule has 0 aliphatic heterocycles. The molecular weight excluding hydrogens is 510 g/mol. The highest BCUT2D eigenvalue weighted by Crippen LogP contribution is 2.44. The van der Waals surface area contributed by atoms with Gasteiger partial charge in [-0.3, -0.25) is 0 Å². The summed E-state index contributed by atoms with van der Waals surface area (Å²) in [5.74, 6) is 0.362. The minimum atomic E-state index is -0.409. The smallest absolute Gasteiger partial charge is 0.133 e. The van der Waals surface area contributed by atoms with Crippen molar-refractivity contribution in [1.29, 1.82) is 0 Å². The normalized spacial score (nSPS) is 11.4. The summed E-state index contributed by atoms with van der Waals surface area (Å²) in [5, 5.41) is 10.8. The van der Waals surface area contributed by atoms with E-state index < -0.39 is 5.41 Å². The van der Waals surface area contributed by atoms with Crippen molar-refractivity contribution >= 4 is 45.2 Å². The summed E-state index contributed by atoms with van der Waals surface area (Å²) in [6, 6.07) is 24.8. The van der Waals surface area contributed by atoms with Crippen LogP contribution in [0.15, 0.2) is 72.8 Å². The molecule has 0 unspecified atom stereocenters. The second kappa shape index (κ2) is 6.81. The lowest BCUT2D eigenvalue weighted by molar-refractivity contribution is 0.453. The fourth-order valence-electron chi connectivity index (χ4n) is 2.97. The summed E-state index contributed by atoms with van der Waals surface area (Å²) in [6.07, 6.45) is 0. The molecule has 1 N–H and O–H groups in total. The molecule has 3 aromatic carbocycles. The number of aromatic hydroxyl groups is 1. The molecule has 0 aliphatic carbocycles. The molecular formula is C20H16I2O. The predicted octanol–water partition coefficient (Wildman–Crippen LogP) is 5.96. The van der Waals surface area contributed by atoms with Crippen molar-refractivity contribution in [1.82, 2.24) is 0 Å². The lowest BCUT2D eigenvalue weighted by atomic mass is 9.71. The molecule has 0 spiro atoms. The van der Waals surface area contributed by atoms with Crippen LogP contribution < -0.4 is 0 Å². The summed E-state index contributed by atoms with van der Waals surface area (Å²) in [5.41, 5.74) is 2.86. The molecule has 0 bridgehead atoms. The van der Waals surface area contributed by atoms with Crippen molar-refractivity contribution in [2.45, 2.75) is 12.3 Å². The number of benzene rings is 3. The van der Waals surface area contributed by atoms with E-state index in [2.05, 4.69) is 82.4 Å². The molecule has 0 saturated heterocycles. The van der Waals surface area contributed by atoms with Crippen molar-refractivity contribution in [3.8, 4) is 5.75 Å². The largest absolute Gasteiger partial charge is 0.507 e. The van der Waals surface area contributed by atoms with Crippen molar-refractivity contribution in [3.05, 3.63) is 96.6 Å². The van der Waals surface area contributed by atoms with Gasteiger partial charge in [0.2, 0.25) is 0 Å². The number of phenols is 1. The fraction of sp³-hybridized carbons (Fsp3) is 0.100. The van der Waals surface area contributed by atoms with Crippen LogP contribution in [-0.2, 0) is 5.41 Å². The van der Waals surface area contributed by atoms with Gasteiger partial charge in [-0.2, -0.15) is 0 Å². The van der Waals surface area contributed by atoms with E-state index in [4.69, 9.17) is 0 Å². The fourth-order valence-corrected chi connectivity index (χ4v) is 4.81. The van der Waals surface area contributed by atoms with Gasteiger partial charge in [0.1, 0.15) is 5.75 Å². The van der Waals surface area contributed by atoms with E-state index in [-0.39, 0.29) is 0 Å². The van der Waals surface area contributed by atoms with E-state index in [1.807, 2.05) is 42.5 Å². The average molecular weight is 526 g/mol. The maximum Gasteiger partial charge on any atom is 0.133 e. The Bertz CT molecular complexity index is 774. The first-order valence-corrected chi connectivity index (χ1v) is 9.49. The number of halogens is 2. The maximum absolute atomic E-state index is 10.8. The van der Waals surface area contributed by atoms with Gasteiger partial charge in [0.25, 0.3) is 0 Å². The highest BCUT2D eigenvalue weighted by molar-refractivity contribution is 14.1. The zero-order valence-electron chi connectivity index (χ0n) is 12.6. The van der Waals surface area contributed by atoms with Gasteiger partial charge in [-0.15, -0.1) is 0 Å². The van der Waals surface area contributed by atoms with Crippen molar-refractivity contribution < 1.29 is 5.11 Å². The van der Waals surface area contributed by atoms with Crippen LogP contribution in [0.4, 0.5) is 0 Å². The second-order valence-corrected chi connectivity index (χ2v) is 8.05. The Morgan fingerprint density at radius 1 is 0.783 bits per heavy atom. The molecule has 1 nitrogen and oxygen atoms in total. The van der Waals surface area contributed by atoms with Crippen LogP contribution >= 0.6 is 45.2 Å². The molecule has 0 radical (unpaired) electrons. The first-order chi connectivity index (χ1) is 11.0. The van der Waals surface area contributed by atoms with Gasteiger partial charge < -0.3 is 5.11 Å². The van der Waals surface area contributed by atoms with Gasteiger partial charge in [0.15, 0.2) is 0 Å². The van der Waals surface area contributed by atoms with Gasteiger partial charge >= 0.3 is 0 Å². The Balaban J connectivity index is 2.34. The first-order valence-electron chi connectivity index (χ1n) is 7.33. The van der Waals surface area contributed by atoms with Crippen LogP contribution in [0.1, 0.15) is 23.6 Å². The van der Waals surface area contributed by atoms with Gasteiger partial charge in [-0.1, -0.05) is 60.7 Å². The Hall–Kier alpha value is -1.08. The molecule has 0 fully saturated rings. The van der Waals surface area contributed by atoms with E-state index in [9.17, 15) is 5.11 Å². The van der Waals surface area contributed by atoms with Crippen LogP contribution in [0.3, 0.4) is 0 Å². The van der Waals surface area contributed by atoms with Gasteiger partial charge in [-0.25, -0.2) is 0 Å². The van der Waals surface area contributed by atoms with Gasteiger partial charge in [-0.05, 0) is 75.4 Å². The number of hydrogen-bond acceptors (Lipinski definition) is 1. The van der Waals surface area contributed by atoms with Crippen LogP contribution in [0, 0.1) is 7.14 Å². The monoisotopic (exact) mass is 526 g/mol. The minimum Gasteiger partial charge on any atom is -0.507 e. The Kier molecular flexibility index (Phi) is 4.96. The third-order valence-electron chi connectivity index (χ3n) is 4.27. The zero-order valence-corrected chi connectivity index (χ0v) is 16.9. The topological polar surface area (TPSA) is 20.2 Å². The quantitative estimate of drug-likeness (QED) is 0.330. The molecule has 3 heteroatoms. The SMILES string of the molecule is CC(c1ccccc1)(c1ccccc1)c1cc(I)cc(I)c1O. The summed E-state index contributed by atoms with van der Waals surface area (Å²) in [6.45, 7) is 2.18. The van der Waals surface area contributed by atoms with Crippen molar-refractivity contribution in [3.63, 3.8) is 0 Å². The molecule has 116 valence electrons. The minimum absolute atomic E-state index is 0.362. The number of hydrogen-bond donors (Lipinski definition) is 1. The molecule has 0 atom stereocenters. The maximum atomic E-state index is 10.8.